The molecule has 0 aliphatic heterocycles. The lowest BCUT2D eigenvalue weighted by atomic mass is 10.0. The third-order valence-electron chi connectivity index (χ3n) is 3.22. The van der Waals surface area contributed by atoms with E-state index in [0.29, 0.717) is 27.9 Å². The second-order valence-electron chi connectivity index (χ2n) is 4.44. The molecule has 1 unspecified atom stereocenters. The standard InChI is InChI=1S/C16H17O5P/c1-19-13-5-4-6-14(20-2)15(13)16(17)11-7-9-12(10-8-11)22(18)21-3/h4-10,22H,1-3H3. The van der Waals surface area contributed by atoms with Crippen LogP contribution in [0.4, 0.5) is 0 Å². The first-order valence-corrected chi connectivity index (χ1v) is 7.88. The molecule has 0 aliphatic rings. The zero-order valence-corrected chi connectivity index (χ0v) is 13.6. The lowest BCUT2D eigenvalue weighted by Gasteiger charge is -2.12. The quantitative estimate of drug-likeness (QED) is 0.605. The van der Waals surface area contributed by atoms with Crippen LogP contribution in [0, 0.1) is 0 Å². The molecule has 0 heterocycles. The van der Waals surface area contributed by atoms with Crippen LogP contribution in [0.15, 0.2) is 42.5 Å². The van der Waals surface area contributed by atoms with Crippen LogP contribution in [0.5, 0.6) is 11.5 Å². The zero-order chi connectivity index (χ0) is 16.1. The van der Waals surface area contributed by atoms with Crippen molar-refractivity contribution >= 4 is 19.1 Å². The summed E-state index contributed by atoms with van der Waals surface area (Å²) in [5.41, 5.74) is 0.817. The molecule has 0 bridgehead atoms. The Bertz CT molecular complexity index is 672. The van der Waals surface area contributed by atoms with Gasteiger partial charge in [-0.1, -0.05) is 18.2 Å². The minimum absolute atomic E-state index is 0.224. The summed E-state index contributed by atoms with van der Waals surface area (Å²) in [6.07, 6.45) is 0. The third-order valence-corrected chi connectivity index (χ3v) is 4.40. The Morgan fingerprint density at radius 3 is 1.91 bits per heavy atom. The van der Waals surface area contributed by atoms with Crippen LogP contribution >= 0.6 is 8.03 Å². The maximum Gasteiger partial charge on any atom is 0.220 e. The van der Waals surface area contributed by atoms with Crippen LogP contribution in [0.2, 0.25) is 0 Å². The predicted molar refractivity (Wildman–Crippen MR) is 85.1 cm³/mol. The first-order chi connectivity index (χ1) is 10.6. The largest absolute Gasteiger partial charge is 0.496 e. The number of ketones is 1. The van der Waals surface area contributed by atoms with E-state index in [2.05, 4.69) is 0 Å². The molecule has 22 heavy (non-hydrogen) atoms. The van der Waals surface area contributed by atoms with Crippen LogP contribution in [0.25, 0.3) is 0 Å². The van der Waals surface area contributed by atoms with Gasteiger partial charge in [0, 0.05) is 18.0 Å². The first kappa shape index (κ1) is 16.3. The maximum atomic E-state index is 12.7. The van der Waals surface area contributed by atoms with Gasteiger partial charge in [0.15, 0.2) is 0 Å². The van der Waals surface area contributed by atoms with E-state index < -0.39 is 8.03 Å². The van der Waals surface area contributed by atoms with Crippen molar-refractivity contribution in [3.05, 3.63) is 53.6 Å². The Balaban J connectivity index is 2.42. The topological polar surface area (TPSA) is 61.8 Å². The van der Waals surface area contributed by atoms with E-state index in [4.69, 9.17) is 14.0 Å². The first-order valence-electron chi connectivity index (χ1n) is 6.56. The number of carbonyl (C=O) groups excluding carboxylic acids is 1. The third kappa shape index (κ3) is 3.21. The second-order valence-corrected chi connectivity index (χ2v) is 6.00. The fourth-order valence-corrected chi connectivity index (χ4v) is 2.77. The van der Waals surface area contributed by atoms with E-state index in [1.165, 1.54) is 21.3 Å². The Morgan fingerprint density at radius 2 is 1.45 bits per heavy atom. The molecule has 0 aliphatic carbocycles. The van der Waals surface area contributed by atoms with Crippen molar-refractivity contribution in [3.63, 3.8) is 0 Å². The molecule has 116 valence electrons. The van der Waals surface area contributed by atoms with Crippen molar-refractivity contribution in [1.29, 1.82) is 0 Å². The van der Waals surface area contributed by atoms with Crippen molar-refractivity contribution in [2.24, 2.45) is 0 Å². The molecule has 2 rings (SSSR count). The Morgan fingerprint density at radius 1 is 0.909 bits per heavy atom. The molecule has 0 spiro atoms. The average Bonchev–Trinajstić information content (AvgIpc) is 2.59. The van der Waals surface area contributed by atoms with Gasteiger partial charge in [0.25, 0.3) is 0 Å². The highest BCUT2D eigenvalue weighted by molar-refractivity contribution is 7.48. The second kappa shape index (κ2) is 7.25. The SMILES string of the molecule is COc1cccc(OC)c1C(=O)c1ccc([PH](=O)OC)cc1. The molecule has 0 saturated heterocycles. The van der Waals surface area contributed by atoms with E-state index in [1.807, 2.05) is 0 Å². The van der Waals surface area contributed by atoms with E-state index >= 15 is 0 Å². The summed E-state index contributed by atoms with van der Waals surface area (Å²) < 4.78 is 26.9. The van der Waals surface area contributed by atoms with Crippen LogP contribution in [0.1, 0.15) is 15.9 Å². The van der Waals surface area contributed by atoms with Crippen LogP contribution in [0.3, 0.4) is 0 Å². The molecule has 6 heteroatoms. The minimum atomic E-state index is -2.25. The molecular weight excluding hydrogens is 303 g/mol. The number of methoxy groups -OCH3 is 2. The maximum absolute atomic E-state index is 12.7. The van der Waals surface area contributed by atoms with Gasteiger partial charge < -0.3 is 14.0 Å². The van der Waals surface area contributed by atoms with Gasteiger partial charge in [0.2, 0.25) is 13.8 Å². The summed E-state index contributed by atoms with van der Waals surface area (Å²) in [5.74, 6) is 0.663. The number of ether oxygens (including phenoxy) is 2. The van der Waals surface area contributed by atoms with Crippen LogP contribution in [-0.4, -0.2) is 27.1 Å². The van der Waals surface area contributed by atoms with Crippen molar-refractivity contribution in [1.82, 2.24) is 0 Å². The van der Waals surface area contributed by atoms with Gasteiger partial charge >= 0.3 is 0 Å². The smallest absolute Gasteiger partial charge is 0.220 e. The molecular formula is C16H17O5P. The van der Waals surface area contributed by atoms with Crippen LogP contribution < -0.4 is 14.8 Å². The Labute approximate surface area is 129 Å². The summed E-state index contributed by atoms with van der Waals surface area (Å²) in [4.78, 5) is 12.7. The van der Waals surface area contributed by atoms with Crippen molar-refractivity contribution in [2.45, 2.75) is 0 Å². The number of benzene rings is 2. The summed E-state index contributed by atoms with van der Waals surface area (Å²) >= 11 is 0. The molecule has 5 nitrogen and oxygen atoms in total. The summed E-state index contributed by atoms with van der Waals surface area (Å²) in [5, 5.41) is 0.566. The molecule has 0 fully saturated rings. The monoisotopic (exact) mass is 320 g/mol. The molecule has 0 N–H and O–H groups in total. The van der Waals surface area contributed by atoms with Gasteiger partial charge in [-0.25, -0.2) is 0 Å². The van der Waals surface area contributed by atoms with Gasteiger partial charge in [-0.05, 0) is 24.3 Å². The lowest BCUT2D eigenvalue weighted by Crippen LogP contribution is -2.08. The summed E-state index contributed by atoms with van der Waals surface area (Å²) in [6.45, 7) is 0. The predicted octanol–water partition coefficient (Wildman–Crippen LogP) is 2.68. The van der Waals surface area contributed by atoms with Crippen molar-refractivity contribution in [3.8, 4) is 11.5 Å². The highest BCUT2D eigenvalue weighted by atomic mass is 31.1. The Hall–Kier alpha value is -2.10. The van der Waals surface area contributed by atoms with Gasteiger partial charge in [0.1, 0.15) is 17.1 Å². The van der Waals surface area contributed by atoms with E-state index in [0.717, 1.165) is 0 Å². The molecule has 0 radical (unpaired) electrons. The minimum Gasteiger partial charge on any atom is -0.496 e. The number of hydrogen-bond acceptors (Lipinski definition) is 5. The lowest BCUT2D eigenvalue weighted by molar-refractivity contribution is 0.103. The number of carbonyl (C=O) groups is 1. The highest BCUT2D eigenvalue weighted by Gasteiger charge is 2.19. The molecule has 0 aromatic heterocycles. The van der Waals surface area contributed by atoms with Crippen LogP contribution in [-0.2, 0) is 9.09 Å². The highest BCUT2D eigenvalue weighted by Crippen LogP contribution is 2.30. The van der Waals surface area contributed by atoms with E-state index in [-0.39, 0.29) is 5.78 Å². The number of hydrogen-bond donors (Lipinski definition) is 0. The summed E-state index contributed by atoms with van der Waals surface area (Å²) in [7, 11) is 2.14. The van der Waals surface area contributed by atoms with E-state index in [1.54, 1.807) is 42.5 Å². The van der Waals surface area contributed by atoms with Crippen molar-refractivity contribution < 1.29 is 23.4 Å². The van der Waals surface area contributed by atoms with Gasteiger partial charge in [0.05, 0.1) is 14.2 Å². The van der Waals surface area contributed by atoms with Crippen molar-refractivity contribution in [2.75, 3.05) is 21.3 Å². The fourth-order valence-electron chi connectivity index (χ4n) is 2.09. The van der Waals surface area contributed by atoms with Gasteiger partial charge in [-0.2, -0.15) is 0 Å². The van der Waals surface area contributed by atoms with Gasteiger partial charge in [-0.15, -0.1) is 0 Å². The summed E-state index contributed by atoms with van der Waals surface area (Å²) in [6, 6.07) is 11.6. The Kier molecular flexibility index (Phi) is 5.36. The molecule has 0 saturated carbocycles. The normalized spacial score (nSPS) is 11.8. The van der Waals surface area contributed by atoms with Gasteiger partial charge in [-0.3, -0.25) is 9.36 Å². The molecule has 1 atom stereocenters. The molecule has 2 aromatic carbocycles. The number of rotatable bonds is 6. The molecule has 0 amide bonds. The zero-order valence-electron chi connectivity index (χ0n) is 12.6. The van der Waals surface area contributed by atoms with E-state index in [9.17, 15) is 9.36 Å². The fraction of sp³-hybridized carbons (Fsp3) is 0.188. The average molecular weight is 320 g/mol. The molecule has 2 aromatic rings.